The first kappa shape index (κ1) is 17.7. The monoisotopic (exact) mass is 345 g/mol. The lowest BCUT2D eigenvalue weighted by Crippen LogP contribution is -2.44. The lowest BCUT2D eigenvalue weighted by Gasteiger charge is -2.26. The SMILES string of the molecule is NC1CC1c1ccc(NC(=O)C(CC2CCCCC2)NC(=O)O)cc1. The Bertz CT molecular complexity index is 611. The summed E-state index contributed by atoms with van der Waals surface area (Å²) in [5.74, 6) is 0.552. The zero-order chi connectivity index (χ0) is 17.8. The Morgan fingerprint density at radius 2 is 1.80 bits per heavy atom. The predicted octanol–water partition coefficient (Wildman–Crippen LogP) is 3.05. The van der Waals surface area contributed by atoms with E-state index >= 15 is 0 Å². The predicted molar refractivity (Wildman–Crippen MR) is 96.5 cm³/mol. The van der Waals surface area contributed by atoms with Gasteiger partial charge < -0.3 is 21.5 Å². The number of nitrogens with two attached hydrogens (primary N) is 1. The zero-order valence-corrected chi connectivity index (χ0v) is 14.4. The van der Waals surface area contributed by atoms with Crippen LogP contribution in [0.3, 0.4) is 0 Å². The molecule has 0 saturated heterocycles. The number of benzene rings is 1. The van der Waals surface area contributed by atoms with Gasteiger partial charge in [-0.15, -0.1) is 0 Å². The Morgan fingerprint density at radius 1 is 1.16 bits per heavy atom. The Balaban J connectivity index is 1.59. The van der Waals surface area contributed by atoms with Crippen LogP contribution in [0.15, 0.2) is 24.3 Å². The van der Waals surface area contributed by atoms with Gasteiger partial charge >= 0.3 is 6.09 Å². The van der Waals surface area contributed by atoms with Crippen molar-refractivity contribution < 1.29 is 14.7 Å². The summed E-state index contributed by atoms with van der Waals surface area (Å²) in [5, 5.41) is 14.3. The van der Waals surface area contributed by atoms with Gasteiger partial charge in [0.1, 0.15) is 6.04 Å². The smallest absolute Gasteiger partial charge is 0.405 e. The van der Waals surface area contributed by atoms with Crippen molar-refractivity contribution >= 4 is 17.7 Å². The molecule has 2 aliphatic carbocycles. The van der Waals surface area contributed by atoms with Crippen LogP contribution in [0.1, 0.15) is 56.4 Å². The highest BCUT2D eigenvalue weighted by Crippen LogP contribution is 2.39. The summed E-state index contributed by atoms with van der Waals surface area (Å²) in [6.07, 6.45) is 6.12. The number of carbonyl (C=O) groups excluding carboxylic acids is 1. The summed E-state index contributed by atoms with van der Waals surface area (Å²) < 4.78 is 0. The number of rotatable bonds is 6. The van der Waals surface area contributed by atoms with E-state index in [9.17, 15) is 9.59 Å². The molecule has 3 atom stereocenters. The average molecular weight is 345 g/mol. The summed E-state index contributed by atoms with van der Waals surface area (Å²) >= 11 is 0. The number of nitrogens with one attached hydrogen (secondary N) is 2. The minimum absolute atomic E-state index is 0.250. The third-order valence-electron chi connectivity index (χ3n) is 5.35. The maximum Gasteiger partial charge on any atom is 0.405 e. The standard InChI is InChI=1S/C19H27N3O3/c20-16-11-15(16)13-6-8-14(9-7-13)21-18(23)17(22-19(24)25)10-12-4-2-1-3-5-12/h6-9,12,15-17,22H,1-5,10-11,20H2,(H,21,23)(H,24,25). The summed E-state index contributed by atoms with van der Waals surface area (Å²) in [5.41, 5.74) is 7.73. The van der Waals surface area contributed by atoms with Gasteiger partial charge in [0.2, 0.25) is 5.91 Å². The maximum absolute atomic E-state index is 12.5. The van der Waals surface area contributed by atoms with Gasteiger partial charge in [0.25, 0.3) is 0 Å². The van der Waals surface area contributed by atoms with E-state index in [4.69, 9.17) is 10.8 Å². The third kappa shape index (κ3) is 4.95. The molecule has 2 amide bonds. The molecule has 6 heteroatoms. The van der Waals surface area contributed by atoms with Gasteiger partial charge in [0.05, 0.1) is 0 Å². The van der Waals surface area contributed by atoms with Crippen LogP contribution in [0, 0.1) is 5.92 Å². The van der Waals surface area contributed by atoms with E-state index in [1.54, 1.807) is 0 Å². The molecule has 25 heavy (non-hydrogen) atoms. The van der Waals surface area contributed by atoms with Crippen molar-refractivity contribution in [1.29, 1.82) is 0 Å². The first-order chi connectivity index (χ1) is 12.0. The van der Waals surface area contributed by atoms with Crippen LogP contribution in [0.5, 0.6) is 0 Å². The van der Waals surface area contributed by atoms with E-state index in [0.29, 0.717) is 23.9 Å². The molecule has 6 nitrogen and oxygen atoms in total. The summed E-state index contributed by atoms with van der Waals surface area (Å²) in [6.45, 7) is 0. The first-order valence-electron chi connectivity index (χ1n) is 9.19. The lowest BCUT2D eigenvalue weighted by molar-refractivity contribution is -0.118. The number of hydrogen-bond acceptors (Lipinski definition) is 3. The van der Waals surface area contributed by atoms with Gasteiger partial charge in [0, 0.05) is 17.6 Å². The van der Waals surface area contributed by atoms with Gasteiger partial charge in [0.15, 0.2) is 0 Å². The Morgan fingerprint density at radius 3 is 2.36 bits per heavy atom. The summed E-state index contributed by atoms with van der Waals surface area (Å²) in [7, 11) is 0. The normalized spacial score (nSPS) is 24.4. The van der Waals surface area contributed by atoms with E-state index < -0.39 is 12.1 Å². The van der Waals surface area contributed by atoms with Crippen molar-refractivity contribution in [2.75, 3.05) is 5.32 Å². The molecule has 5 N–H and O–H groups in total. The van der Waals surface area contributed by atoms with Crippen molar-refractivity contribution in [3.8, 4) is 0 Å². The number of amides is 2. The highest BCUT2D eigenvalue weighted by molar-refractivity contribution is 5.96. The minimum Gasteiger partial charge on any atom is -0.465 e. The van der Waals surface area contributed by atoms with Crippen molar-refractivity contribution in [1.82, 2.24) is 5.32 Å². The zero-order valence-electron chi connectivity index (χ0n) is 14.4. The molecule has 0 aromatic heterocycles. The minimum atomic E-state index is -1.16. The maximum atomic E-state index is 12.5. The molecule has 1 aromatic rings. The fraction of sp³-hybridized carbons (Fsp3) is 0.579. The number of carboxylic acid groups (broad SMARTS) is 1. The van der Waals surface area contributed by atoms with Crippen LogP contribution in [0.2, 0.25) is 0 Å². The van der Waals surface area contributed by atoms with Gasteiger partial charge in [-0.25, -0.2) is 4.79 Å². The van der Waals surface area contributed by atoms with Gasteiger partial charge in [-0.1, -0.05) is 44.2 Å². The number of anilines is 1. The Labute approximate surface area is 148 Å². The largest absolute Gasteiger partial charge is 0.465 e. The second-order valence-corrected chi connectivity index (χ2v) is 7.36. The van der Waals surface area contributed by atoms with Crippen LogP contribution in [-0.4, -0.2) is 29.2 Å². The van der Waals surface area contributed by atoms with Crippen molar-refractivity contribution in [3.63, 3.8) is 0 Å². The van der Waals surface area contributed by atoms with Crippen LogP contribution in [0.25, 0.3) is 0 Å². The molecule has 136 valence electrons. The van der Waals surface area contributed by atoms with Crippen molar-refractivity contribution in [2.45, 2.75) is 62.9 Å². The topological polar surface area (TPSA) is 104 Å². The fourth-order valence-corrected chi connectivity index (χ4v) is 3.78. The molecular formula is C19H27N3O3. The van der Waals surface area contributed by atoms with Gasteiger partial charge in [-0.05, 0) is 36.5 Å². The van der Waals surface area contributed by atoms with E-state index in [-0.39, 0.29) is 11.9 Å². The molecular weight excluding hydrogens is 318 g/mol. The molecule has 2 aliphatic rings. The molecule has 1 aromatic carbocycles. The highest BCUT2D eigenvalue weighted by atomic mass is 16.4. The average Bonchev–Trinajstić information content (AvgIpc) is 3.32. The molecule has 0 bridgehead atoms. The van der Waals surface area contributed by atoms with E-state index in [0.717, 1.165) is 32.1 Å². The molecule has 3 unspecified atom stereocenters. The van der Waals surface area contributed by atoms with Crippen LogP contribution >= 0.6 is 0 Å². The second kappa shape index (κ2) is 7.87. The molecule has 0 radical (unpaired) electrons. The summed E-state index contributed by atoms with van der Waals surface area (Å²) in [4.78, 5) is 23.6. The lowest BCUT2D eigenvalue weighted by atomic mass is 9.84. The molecule has 2 fully saturated rings. The Kier molecular flexibility index (Phi) is 5.58. The molecule has 2 saturated carbocycles. The number of carbonyl (C=O) groups is 2. The summed E-state index contributed by atoms with van der Waals surface area (Å²) in [6, 6.07) is 7.21. The van der Waals surface area contributed by atoms with Crippen molar-refractivity contribution in [3.05, 3.63) is 29.8 Å². The molecule has 3 rings (SSSR count). The van der Waals surface area contributed by atoms with E-state index in [1.807, 2.05) is 24.3 Å². The molecule has 0 aliphatic heterocycles. The third-order valence-corrected chi connectivity index (χ3v) is 5.35. The fourth-order valence-electron chi connectivity index (χ4n) is 3.78. The van der Waals surface area contributed by atoms with Crippen molar-refractivity contribution in [2.24, 2.45) is 11.7 Å². The van der Waals surface area contributed by atoms with Gasteiger partial charge in [-0.3, -0.25) is 4.79 Å². The number of hydrogen-bond donors (Lipinski definition) is 4. The Hall–Kier alpha value is -2.08. The molecule has 0 heterocycles. The van der Waals surface area contributed by atoms with E-state index in [1.165, 1.54) is 12.0 Å². The van der Waals surface area contributed by atoms with Crippen LogP contribution in [0.4, 0.5) is 10.5 Å². The quantitative estimate of drug-likeness (QED) is 0.636. The first-order valence-corrected chi connectivity index (χ1v) is 9.19. The molecule has 0 spiro atoms. The van der Waals surface area contributed by atoms with Crippen LogP contribution < -0.4 is 16.4 Å². The van der Waals surface area contributed by atoms with Gasteiger partial charge in [-0.2, -0.15) is 0 Å². The second-order valence-electron chi connectivity index (χ2n) is 7.36. The van der Waals surface area contributed by atoms with E-state index in [2.05, 4.69) is 10.6 Å². The van der Waals surface area contributed by atoms with Crippen LogP contribution in [-0.2, 0) is 4.79 Å². The highest BCUT2D eigenvalue weighted by Gasteiger charge is 2.34.